The number of amides is 1. The number of nitrogens with zero attached hydrogens (tertiary/aromatic N) is 1. The van der Waals surface area contributed by atoms with Gasteiger partial charge in [-0.25, -0.2) is 0 Å². The summed E-state index contributed by atoms with van der Waals surface area (Å²) in [5.41, 5.74) is 1.25. The normalized spacial score (nSPS) is 12.3. The van der Waals surface area contributed by atoms with Gasteiger partial charge in [-0.2, -0.15) is 0 Å². The molecule has 0 aliphatic heterocycles. The molecule has 1 aromatic heterocycles. The SMILES string of the molecule is CC(C)C(CC(=O)O)NC(=O)c1cccc2ncccc12. The quantitative estimate of drug-likeness (QED) is 0.885. The van der Waals surface area contributed by atoms with Crippen molar-refractivity contribution < 1.29 is 14.7 Å². The van der Waals surface area contributed by atoms with Crippen molar-refractivity contribution in [1.82, 2.24) is 10.3 Å². The lowest BCUT2D eigenvalue weighted by Crippen LogP contribution is -2.40. The van der Waals surface area contributed by atoms with Crippen LogP contribution in [0.2, 0.25) is 0 Å². The number of rotatable bonds is 5. The zero-order valence-electron chi connectivity index (χ0n) is 12.0. The van der Waals surface area contributed by atoms with Crippen LogP contribution in [0.5, 0.6) is 0 Å². The van der Waals surface area contributed by atoms with Gasteiger partial charge in [0.15, 0.2) is 0 Å². The van der Waals surface area contributed by atoms with Gasteiger partial charge >= 0.3 is 5.97 Å². The summed E-state index contributed by atoms with van der Waals surface area (Å²) in [4.78, 5) is 27.5. The number of carbonyl (C=O) groups is 2. The molecule has 0 radical (unpaired) electrons. The molecule has 0 saturated carbocycles. The van der Waals surface area contributed by atoms with Crippen LogP contribution >= 0.6 is 0 Å². The number of fused-ring (bicyclic) bond motifs is 1. The minimum absolute atomic E-state index is 0.0400. The van der Waals surface area contributed by atoms with Crippen LogP contribution in [0.3, 0.4) is 0 Å². The van der Waals surface area contributed by atoms with Crippen LogP contribution in [-0.4, -0.2) is 28.0 Å². The monoisotopic (exact) mass is 286 g/mol. The van der Waals surface area contributed by atoms with Crippen molar-refractivity contribution in [2.75, 3.05) is 0 Å². The predicted octanol–water partition coefficient (Wildman–Crippen LogP) is 2.46. The smallest absolute Gasteiger partial charge is 0.305 e. The summed E-state index contributed by atoms with van der Waals surface area (Å²) >= 11 is 0. The third kappa shape index (κ3) is 3.56. The van der Waals surface area contributed by atoms with Crippen LogP contribution in [0.4, 0.5) is 0 Å². The second-order valence-electron chi connectivity index (χ2n) is 5.30. The lowest BCUT2D eigenvalue weighted by atomic mass is 10.00. The van der Waals surface area contributed by atoms with E-state index in [9.17, 15) is 9.59 Å². The van der Waals surface area contributed by atoms with Gasteiger partial charge in [-0.1, -0.05) is 26.0 Å². The van der Waals surface area contributed by atoms with Gasteiger partial charge in [0.1, 0.15) is 0 Å². The molecule has 1 unspecified atom stereocenters. The first-order valence-electron chi connectivity index (χ1n) is 6.85. The first kappa shape index (κ1) is 15.0. The molecule has 5 heteroatoms. The summed E-state index contributed by atoms with van der Waals surface area (Å²) in [6, 6.07) is 8.53. The molecule has 0 bridgehead atoms. The first-order chi connectivity index (χ1) is 9.99. The molecule has 1 heterocycles. The molecule has 1 atom stereocenters. The second-order valence-corrected chi connectivity index (χ2v) is 5.30. The van der Waals surface area contributed by atoms with Gasteiger partial charge in [-0.3, -0.25) is 14.6 Å². The Hall–Kier alpha value is -2.43. The Morgan fingerprint density at radius 2 is 2.00 bits per heavy atom. The molecule has 0 saturated heterocycles. The van der Waals surface area contributed by atoms with Crippen LogP contribution in [0, 0.1) is 5.92 Å². The van der Waals surface area contributed by atoms with E-state index in [1.807, 2.05) is 26.0 Å². The number of hydrogen-bond acceptors (Lipinski definition) is 3. The van der Waals surface area contributed by atoms with Gasteiger partial charge < -0.3 is 10.4 Å². The van der Waals surface area contributed by atoms with Crippen LogP contribution < -0.4 is 5.32 Å². The highest BCUT2D eigenvalue weighted by Crippen LogP contribution is 2.17. The van der Waals surface area contributed by atoms with Gasteiger partial charge in [0, 0.05) is 23.2 Å². The standard InChI is InChI=1S/C16H18N2O3/c1-10(2)14(9-15(19)20)18-16(21)12-5-3-7-13-11(12)6-4-8-17-13/h3-8,10,14H,9H2,1-2H3,(H,18,21)(H,19,20). The highest BCUT2D eigenvalue weighted by Gasteiger charge is 2.21. The van der Waals surface area contributed by atoms with Gasteiger partial charge in [-0.05, 0) is 24.1 Å². The number of carboxylic acid groups (broad SMARTS) is 1. The van der Waals surface area contributed by atoms with Crippen LogP contribution in [0.1, 0.15) is 30.6 Å². The van der Waals surface area contributed by atoms with Gasteiger partial charge in [0.25, 0.3) is 5.91 Å². The largest absolute Gasteiger partial charge is 0.481 e. The Kier molecular flexibility index (Phi) is 4.52. The fourth-order valence-corrected chi connectivity index (χ4v) is 2.19. The molecule has 5 nitrogen and oxygen atoms in total. The van der Waals surface area contributed by atoms with Gasteiger partial charge in [-0.15, -0.1) is 0 Å². The molecule has 0 fully saturated rings. The molecule has 1 aromatic carbocycles. The summed E-state index contributed by atoms with van der Waals surface area (Å²) in [6.45, 7) is 3.77. The molecule has 110 valence electrons. The summed E-state index contributed by atoms with van der Waals surface area (Å²) in [5, 5.41) is 12.5. The Bertz CT molecular complexity index is 662. The summed E-state index contributed by atoms with van der Waals surface area (Å²) in [7, 11) is 0. The van der Waals surface area contributed by atoms with E-state index in [4.69, 9.17) is 5.11 Å². The fourth-order valence-electron chi connectivity index (χ4n) is 2.19. The number of aromatic nitrogens is 1. The van der Waals surface area contributed by atoms with Crippen molar-refractivity contribution in [3.8, 4) is 0 Å². The first-order valence-corrected chi connectivity index (χ1v) is 6.85. The average Bonchev–Trinajstić information content (AvgIpc) is 2.45. The van der Waals surface area contributed by atoms with Crippen molar-refractivity contribution in [3.05, 3.63) is 42.1 Å². The van der Waals surface area contributed by atoms with E-state index in [2.05, 4.69) is 10.3 Å². The third-order valence-corrected chi connectivity index (χ3v) is 3.41. The Balaban J connectivity index is 2.27. The summed E-state index contributed by atoms with van der Waals surface area (Å²) in [5.74, 6) is -1.15. The predicted molar refractivity (Wildman–Crippen MR) is 80.1 cm³/mol. The molecule has 2 N–H and O–H groups in total. The molecule has 2 aromatic rings. The number of benzene rings is 1. The van der Waals surface area contributed by atoms with E-state index in [-0.39, 0.29) is 18.2 Å². The van der Waals surface area contributed by atoms with Crippen molar-refractivity contribution in [1.29, 1.82) is 0 Å². The highest BCUT2D eigenvalue weighted by molar-refractivity contribution is 6.06. The fraction of sp³-hybridized carbons (Fsp3) is 0.312. The minimum atomic E-state index is -0.923. The maximum Gasteiger partial charge on any atom is 0.305 e. The highest BCUT2D eigenvalue weighted by atomic mass is 16.4. The summed E-state index contributed by atoms with van der Waals surface area (Å²) < 4.78 is 0. The number of pyridine rings is 1. The minimum Gasteiger partial charge on any atom is -0.481 e. The van der Waals surface area contributed by atoms with Crippen LogP contribution in [0.25, 0.3) is 10.9 Å². The average molecular weight is 286 g/mol. The number of hydrogen-bond donors (Lipinski definition) is 2. The molecule has 0 aliphatic rings. The third-order valence-electron chi connectivity index (χ3n) is 3.41. The van der Waals surface area contributed by atoms with Crippen molar-refractivity contribution in [2.45, 2.75) is 26.3 Å². The van der Waals surface area contributed by atoms with Gasteiger partial charge in [0.05, 0.1) is 11.9 Å². The zero-order valence-corrected chi connectivity index (χ0v) is 12.0. The number of carboxylic acids is 1. The Morgan fingerprint density at radius 1 is 1.24 bits per heavy atom. The van der Waals surface area contributed by atoms with E-state index >= 15 is 0 Å². The zero-order chi connectivity index (χ0) is 15.4. The molecular formula is C16H18N2O3. The van der Waals surface area contributed by atoms with Crippen LogP contribution in [0.15, 0.2) is 36.5 Å². The number of carbonyl (C=O) groups excluding carboxylic acids is 1. The number of aliphatic carboxylic acids is 1. The Labute approximate surface area is 123 Å². The lowest BCUT2D eigenvalue weighted by molar-refractivity contribution is -0.137. The molecule has 2 rings (SSSR count). The second kappa shape index (κ2) is 6.35. The molecule has 0 spiro atoms. The topological polar surface area (TPSA) is 79.3 Å². The number of nitrogens with one attached hydrogen (secondary N) is 1. The van der Waals surface area contributed by atoms with E-state index in [1.54, 1.807) is 24.4 Å². The Morgan fingerprint density at radius 3 is 2.67 bits per heavy atom. The molecule has 0 aliphatic carbocycles. The molecule has 1 amide bonds. The van der Waals surface area contributed by atoms with E-state index in [0.717, 1.165) is 10.9 Å². The van der Waals surface area contributed by atoms with E-state index in [0.29, 0.717) is 5.56 Å². The summed E-state index contributed by atoms with van der Waals surface area (Å²) in [6.07, 6.45) is 1.58. The maximum atomic E-state index is 12.4. The van der Waals surface area contributed by atoms with Crippen molar-refractivity contribution >= 4 is 22.8 Å². The lowest BCUT2D eigenvalue weighted by Gasteiger charge is -2.21. The molecule has 21 heavy (non-hydrogen) atoms. The van der Waals surface area contributed by atoms with E-state index in [1.165, 1.54) is 0 Å². The van der Waals surface area contributed by atoms with E-state index < -0.39 is 12.0 Å². The van der Waals surface area contributed by atoms with Crippen molar-refractivity contribution in [2.24, 2.45) is 5.92 Å². The van der Waals surface area contributed by atoms with Gasteiger partial charge in [0.2, 0.25) is 0 Å². The maximum absolute atomic E-state index is 12.4. The van der Waals surface area contributed by atoms with Crippen LogP contribution in [-0.2, 0) is 4.79 Å². The molecular weight excluding hydrogens is 268 g/mol. The van der Waals surface area contributed by atoms with Crippen molar-refractivity contribution in [3.63, 3.8) is 0 Å².